The van der Waals surface area contributed by atoms with E-state index in [2.05, 4.69) is 97.6 Å². The van der Waals surface area contributed by atoms with Gasteiger partial charge in [-0.2, -0.15) is 5.10 Å². The molecule has 38 heavy (non-hydrogen) atoms. The largest absolute Gasteiger partial charge is 0.466 e. The molecule has 1 aliphatic heterocycles. The van der Waals surface area contributed by atoms with E-state index >= 15 is 0 Å². The topological polar surface area (TPSA) is 47.4 Å². The van der Waals surface area contributed by atoms with E-state index in [-0.39, 0.29) is 12.0 Å². The summed E-state index contributed by atoms with van der Waals surface area (Å²) < 4.78 is 6.59. The number of benzene rings is 3. The van der Waals surface area contributed by atoms with E-state index in [1.807, 2.05) is 17.9 Å². The van der Waals surface area contributed by atoms with Crippen LogP contribution in [0.4, 0.5) is 5.69 Å². The Kier molecular flexibility index (Phi) is 7.19. The van der Waals surface area contributed by atoms with Gasteiger partial charge in [0.15, 0.2) is 0 Å². The van der Waals surface area contributed by atoms with Gasteiger partial charge < -0.3 is 9.64 Å². The van der Waals surface area contributed by atoms with Crippen molar-refractivity contribution in [2.24, 2.45) is 7.05 Å². The van der Waals surface area contributed by atoms with E-state index in [9.17, 15) is 4.79 Å². The van der Waals surface area contributed by atoms with Gasteiger partial charge in [-0.1, -0.05) is 67.1 Å². The molecule has 0 spiro atoms. The molecule has 2 atom stereocenters. The maximum absolute atomic E-state index is 11.6. The van der Waals surface area contributed by atoms with Crippen LogP contribution in [0.1, 0.15) is 53.3 Å². The average molecular weight is 506 g/mol. The molecule has 194 valence electrons. The third kappa shape index (κ3) is 5.01. The number of ether oxygens (including phenoxy) is 1. The van der Waals surface area contributed by atoms with Crippen molar-refractivity contribution in [1.82, 2.24) is 9.78 Å². The maximum atomic E-state index is 11.6. The molecule has 1 aliphatic rings. The molecule has 5 rings (SSSR count). The molecule has 0 fully saturated rings. The molecule has 0 saturated carbocycles. The summed E-state index contributed by atoms with van der Waals surface area (Å²) in [5.41, 5.74) is 11.2. The fourth-order valence-electron chi connectivity index (χ4n) is 5.61. The highest BCUT2D eigenvalue weighted by Crippen LogP contribution is 2.43. The van der Waals surface area contributed by atoms with Crippen LogP contribution in [-0.2, 0) is 29.4 Å². The molecule has 0 N–H and O–H groups in total. The lowest BCUT2D eigenvalue weighted by molar-refractivity contribution is -0.134. The van der Waals surface area contributed by atoms with Crippen LogP contribution in [0.5, 0.6) is 0 Å². The van der Waals surface area contributed by atoms with Crippen molar-refractivity contribution >= 4 is 17.7 Å². The lowest BCUT2D eigenvalue weighted by Crippen LogP contribution is -2.43. The molecule has 0 bridgehead atoms. The summed E-state index contributed by atoms with van der Waals surface area (Å²) in [5, 5.41) is 4.37. The van der Waals surface area contributed by atoms with Crippen molar-refractivity contribution in [3.8, 4) is 11.1 Å². The minimum atomic E-state index is -0.355. The highest BCUT2D eigenvalue weighted by molar-refractivity contribution is 5.86. The normalized spacial score (nSPS) is 17.0. The predicted molar refractivity (Wildman–Crippen MR) is 154 cm³/mol. The molecule has 1 aromatic heterocycles. The molecular formula is C33H35N3O2. The Hall–Kier alpha value is -4.12. The number of hydrogen-bond donors (Lipinski definition) is 0. The lowest BCUT2D eigenvalue weighted by atomic mass is 9.82. The Morgan fingerprint density at radius 3 is 2.55 bits per heavy atom. The maximum Gasteiger partial charge on any atom is 0.330 e. The first-order valence-corrected chi connectivity index (χ1v) is 13.2. The Bertz CT molecular complexity index is 1480. The van der Waals surface area contributed by atoms with Crippen LogP contribution in [0.15, 0.2) is 79.1 Å². The first kappa shape index (κ1) is 25.5. The lowest BCUT2D eigenvalue weighted by Gasteiger charge is -2.45. The molecule has 3 aromatic carbocycles. The fraction of sp³-hybridized carbons (Fsp3) is 0.273. The number of aryl methyl sites for hydroxylation is 3. The number of esters is 1. The van der Waals surface area contributed by atoms with Gasteiger partial charge in [0.05, 0.1) is 19.3 Å². The first-order chi connectivity index (χ1) is 18.4. The molecule has 4 aromatic rings. The van der Waals surface area contributed by atoms with E-state index in [1.165, 1.54) is 52.3 Å². The number of aromatic nitrogens is 2. The van der Waals surface area contributed by atoms with Crippen LogP contribution >= 0.6 is 0 Å². The molecule has 5 nitrogen and oxygen atoms in total. The van der Waals surface area contributed by atoms with Gasteiger partial charge >= 0.3 is 5.97 Å². The van der Waals surface area contributed by atoms with E-state index in [0.717, 1.165) is 24.0 Å². The number of carbonyl (C=O) groups is 1. The van der Waals surface area contributed by atoms with Crippen molar-refractivity contribution in [1.29, 1.82) is 0 Å². The van der Waals surface area contributed by atoms with Gasteiger partial charge in [-0.25, -0.2) is 4.79 Å². The molecule has 0 amide bonds. The fourth-order valence-corrected chi connectivity index (χ4v) is 5.61. The van der Waals surface area contributed by atoms with Gasteiger partial charge in [0.2, 0.25) is 0 Å². The highest BCUT2D eigenvalue weighted by atomic mass is 16.5. The minimum Gasteiger partial charge on any atom is -0.466 e. The van der Waals surface area contributed by atoms with Crippen LogP contribution in [-0.4, -0.2) is 28.9 Å². The number of methoxy groups -OCH3 is 1. The van der Waals surface area contributed by atoms with Crippen LogP contribution in [0.3, 0.4) is 0 Å². The molecule has 5 heteroatoms. The third-order valence-corrected chi connectivity index (χ3v) is 7.50. The number of hydrogen-bond acceptors (Lipinski definition) is 4. The first-order valence-electron chi connectivity index (χ1n) is 13.2. The van der Waals surface area contributed by atoms with Gasteiger partial charge in [-0.15, -0.1) is 0 Å². The summed E-state index contributed by atoms with van der Waals surface area (Å²) in [6.45, 7) is 6.73. The van der Waals surface area contributed by atoms with Crippen molar-refractivity contribution in [3.63, 3.8) is 0 Å². The van der Waals surface area contributed by atoms with E-state index in [0.29, 0.717) is 6.04 Å². The zero-order valence-electron chi connectivity index (χ0n) is 22.8. The SMILES string of the molecule is CCc1cc(C)ccc1N1C(C)Cc2cc(-c3cnn(C)c3)ccc2C1c1ccc(/C=C/C(=O)OC)cc1. The monoisotopic (exact) mass is 505 g/mol. The summed E-state index contributed by atoms with van der Waals surface area (Å²) in [7, 11) is 3.34. The summed E-state index contributed by atoms with van der Waals surface area (Å²) in [6, 6.07) is 22.6. The summed E-state index contributed by atoms with van der Waals surface area (Å²) >= 11 is 0. The van der Waals surface area contributed by atoms with Crippen LogP contribution in [0.25, 0.3) is 17.2 Å². The molecule has 0 radical (unpaired) electrons. The van der Waals surface area contributed by atoms with Gasteiger partial charge in [0.1, 0.15) is 0 Å². The van der Waals surface area contributed by atoms with E-state index < -0.39 is 0 Å². The smallest absolute Gasteiger partial charge is 0.330 e. The highest BCUT2D eigenvalue weighted by Gasteiger charge is 2.34. The molecule has 2 heterocycles. The average Bonchev–Trinajstić information content (AvgIpc) is 3.37. The number of fused-ring (bicyclic) bond motifs is 1. The number of carbonyl (C=O) groups excluding carboxylic acids is 1. The van der Waals surface area contributed by atoms with Crippen LogP contribution in [0, 0.1) is 6.92 Å². The minimum absolute atomic E-state index is 0.0725. The van der Waals surface area contributed by atoms with Gasteiger partial charge in [-0.05, 0) is 72.2 Å². The van der Waals surface area contributed by atoms with Crippen molar-refractivity contribution in [2.45, 2.75) is 45.7 Å². The molecule has 0 aliphatic carbocycles. The van der Waals surface area contributed by atoms with Crippen molar-refractivity contribution in [2.75, 3.05) is 12.0 Å². The summed E-state index contributed by atoms with van der Waals surface area (Å²) in [5.74, 6) is -0.355. The summed E-state index contributed by atoms with van der Waals surface area (Å²) in [4.78, 5) is 14.2. The van der Waals surface area contributed by atoms with E-state index in [1.54, 1.807) is 6.08 Å². The second-order valence-corrected chi connectivity index (χ2v) is 10.2. The number of nitrogens with zero attached hydrogens (tertiary/aromatic N) is 3. The van der Waals surface area contributed by atoms with Crippen molar-refractivity contribution < 1.29 is 9.53 Å². The third-order valence-electron chi connectivity index (χ3n) is 7.50. The molecular weight excluding hydrogens is 470 g/mol. The quantitative estimate of drug-likeness (QED) is 0.216. The zero-order chi connectivity index (χ0) is 26.8. The van der Waals surface area contributed by atoms with Gasteiger partial charge in [0.25, 0.3) is 0 Å². The Morgan fingerprint density at radius 1 is 1.08 bits per heavy atom. The molecule has 2 unspecified atom stereocenters. The van der Waals surface area contributed by atoms with Crippen molar-refractivity contribution in [3.05, 3.63) is 113 Å². The second-order valence-electron chi connectivity index (χ2n) is 10.2. The Balaban J connectivity index is 1.62. The predicted octanol–water partition coefficient (Wildman–Crippen LogP) is 6.68. The van der Waals surface area contributed by atoms with Gasteiger partial charge in [0, 0.05) is 36.6 Å². The van der Waals surface area contributed by atoms with E-state index in [4.69, 9.17) is 4.74 Å². The summed E-state index contributed by atoms with van der Waals surface area (Å²) in [6.07, 6.45) is 9.20. The zero-order valence-corrected chi connectivity index (χ0v) is 22.8. The standard InChI is InChI=1S/C33H35N3O2/c1-6-25-17-22(2)7-15-31(25)36-23(3)18-28-19-27(29-20-34-35(4)21-29)13-14-30(28)33(36)26-11-8-24(9-12-26)10-16-32(37)38-5/h7-17,19-21,23,33H,6,18H2,1-5H3/b16-10+. The number of anilines is 1. The van der Waals surface area contributed by atoms with Crippen LogP contribution in [0.2, 0.25) is 0 Å². The van der Waals surface area contributed by atoms with Crippen LogP contribution < -0.4 is 4.90 Å². The Labute approximate surface area is 225 Å². The molecule has 0 saturated heterocycles. The number of rotatable bonds is 6. The van der Waals surface area contributed by atoms with Gasteiger partial charge in [-0.3, -0.25) is 4.68 Å². The second kappa shape index (κ2) is 10.7. The Morgan fingerprint density at radius 2 is 1.87 bits per heavy atom.